The average Bonchev–Trinajstić information content (AvgIpc) is 3.09. The van der Waals surface area contributed by atoms with E-state index in [0.717, 1.165) is 25.1 Å². The van der Waals surface area contributed by atoms with Crippen LogP contribution in [0.4, 0.5) is 0 Å². The highest BCUT2D eigenvalue weighted by Gasteiger charge is 2.20. The first-order valence-electron chi connectivity index (χ1n) is 8.00. The van der Waals surface area contributed by atoms with Gasteiger partial charge in [-0.1, -0.05) is 6.42 Å². The van der Waals surface area contributed by atoms with Gasteiger partial charge in [-0.25, -0.2) is 0 Å². The first kappa shape index (κ1) is 16.0. The molecule has 1 unspecified atom stereocenters. The Kier molecular flexibility index (Phi) is 5.31. The van der Waals surface area contributed by atoms with Crippen LogP contribution in [-0.4, -0.2) is 25.6 Å². The van der Waals surface area contributed by atoms with Gasteiger partial charge in [0.15, 0.2) is 0 Å². The summed E-state index contributed by atoms with van der Waals surface area (Å²) in [7, 11) is 1.67. The van der Waals surface area contributed by atoms with Crippen LogP contribution in [0.25, 0.3) is 10.4 Å². The summed E-state index contributed by atoms with van der Waals surface area (Å²) in [6.07, 6.45) is 3.24. The molecule has 4 nitrogen and oxygen atoms in total. The maximum absolute atomic E-state index is 12.1. The van der Waals surface area contributed by atoms with Crippen LogP contribution in [0.15, 0.2) is 36.4 Å². The van der Waals surface area contributed by atoms with Crippen molar-refractivity contribution in [2.24, 2.45) is 0 Å². The maximum atomic E-state index is 12.1. The van der Waals surface area contributed by atoms with Crippen molar-refractivity contribution in [2.75, 3.05) is 13.7 Å². The fourth-order valence-electron chi connectivity index (χ4n) is 2.76. The maximum Gasteiger partial charge on any atom is 0.237 e. The van der Waals surface area contributed by atoms with Gasteiger partial charge < -0.3 is 15.4 Å². The lowest BCUT2D eigenvalue weighted by atomic mass is 10.0. The van der Waals surface area contributed by atoms with E-state index >= 15 is 0 Å². The number of benzene rings is 1. The lowest BCUT2D eigenvalue weighted by molar-refractivity contribution is -0.123. The predicted octanol–water partition coefficient (Wildman–Crippen LogP) is 3.18. The average molecular weight is 330 g/mol. The third-order valence-electron chi connectivity index (χ3n) is 4.10. The Morgan fingerprint density at radius 1 is 1.26 bits per heavy atom. The molecule has 5 heteroatoms. The van der Waals surface area contributed by atoms with Crippen molar-refractivity contribution >= 4 is 17.2 Å². The highest BCUT2D eigenvalue weighted by Crippen LogP contribution is 2.29. The molecule has 1 aliphatic heterocycles. The van der Waals surface area contributed by atoms with Crippen molar-refractivity contribution in [1.82, 2.24) is 10.6 Å². The van der Waals surface area contributed by atoms with Crippen LogP contribution < -0.4 is 15.4 Å². The molecule has 1 aromatic carbocycles. The molecule has 0 saturated carbocycles. The summed E-state index contributed by atoms with van der Waals surface area (Å²) in [5.74, 6) is 0.974. The molecule has 1 amide bonds. The van der Waals surface area contributed by atoms with Gasteiger partial charge in [0.2, 0.25) is 5.91 Å². The number of rotatable bonds is 5. The van der Waals surface area contributed by atoms with E-state index < -0.39 is 0 Å². The largest absolute Gasteiger partial charge is 0.497 e. The molecule has 1 atom stereocenters. The zero-order valence-corrected chi connectivity index (χ0v) is 14.1. The van der Waals surface area contributed by atoms with Crippen LogP contribution in [0, 0.1) is 0 Å². The number of hydrogen-bond acceptors (Lipinski definition) is 4. The molecule has 1 saturated heterocycles. The van der Waals surface area contributed by atoms with Gasteiger partial charge in [-0.2, -0.15) is 0 Å². The van der Waals surface area contributed by atoms with Crippen molar-refractivity contribution in [1.29, 1.82) is 0 Å². The second kappa shape index (κ2) is 7.62. The van der Waals surface area contributed by atoms with E-state index in [2.05, 4.69) is 34.9 Å². The Hall–Kier alpha value is -1.85. The fourth-order valence-corrected chi connectivity index (χ4v) is 3.71. The lowest BCUT2D eigenvalue weighted by Crippen LogP contribution is -2.46. The summed E-state index contributed by atoms with van der Waals surface area (Å²) >= 11 is 1.71. The van der Waals surface area contributed by atoms with E-state index in [-0.39, 0.29) is 11.9 Å². The standard InChI is InChI=1S/C18H22N2O2S/c1-22-14-7-5-13(6-8-14)17-10-9-15(23-17)12-20-18(21)16-4-2-3-11-19-16/h5-10,16,19H,2-4,11-12H2,1H3,(H,20,21). The van der Waals surface area contributed by atoms with Gasteiger partial charge in [0.25, 0.3) is 0 Å². The summed E-state index contributed by atoms with van der Waals surface area (Å²) in [5, 5.41) is 6.32. The zero-order chi connectivity index (χ0) is 16.1. The highest BCUT2D eigenvalue weighted by molar-refractivity contribution is 7.15. The van der Waals surface area contributed by atoms with Gasteiger partial charge in [0.05, 0.1) is 19.7 Å². The molecule has 1 aromatic heterocycles. The van der Waals surface area contributed by atoms with Crippen molar-refractivity contribution in [3.05, 3.63) is 41.3 Å². The molecule has 0 aliphatic carbocycles. The molecule has 1 aliphatic rings. The monoisotopic (exact) mass is 330 g/mol. The van der Waals surface area contributed by atoms with Crippen molar-refractivity contribution in [3.63, 3.8) is 0 Å². The number of methoxy groups -OCH3 is 1. The summed E-state index contributed by atoms with van der Waals surface area (Å²) < 4.78 is 5.18. The quantitative estimate of drug-likeness (QED) is 0.885. The minimum atomic E-state index is -0.0234. The normalized spacial score (nSPS) is 17.7. The van der Waals surface area contributed by atoms with Crippen LogP contribution in [0.5, 0.6) is 5.75 Å². The molecular weight excluding hydrogens is 308 g/mol. The predicted molar refractivity (Wildman–Crippen MR) is 93.8 cm³/mol. The summed E-state index contributed by atoms with van der Waals surface area (Å²) in [6, 6.07) is 12.2. The molecular formula is C18H22N2O2S. The SMILES string of the molecule is COc1ccc(-c2ccc(CNC(=O)C3CCCCN3)s2)cc1. The summed E-state index contributed by atoms with van der Waals surface area (Å²) in [4.78, 5) is 14.5. The van der Waals surface area contributed by atoms with Gasteiger partial charge in [-0.15, -0.1) is 11.3 Å². The van der Waals surface area contributed by atoms with E-state index in [1.165, 1.54) is 21.7 Å². The van der Waals surface area contributed by atoms with Gasteiger partial charge >= 0.3 is 0 Å². The Balaban J connectivity index is 1.57. The molecule has 2 heterocycles. The number of amides is 1. The molecule has 2 aromatic rings. The molecule has 0 bridgehead atoms. The molecule has 0 radical (unpaired) electrons. The minimum absolute atomic E-state index is 0.0234. The smallest absolute Gasteiger partial charge is 0.237 e. The van der Waals surface area contributed by atoms with Gasteiger partial charge in [-0.05, 0) is 61.3 Å². The van der Waals surface area contributed by atoms with E-state index in [1.807, 2.05) is 12.1 Å². The van der Waals surface area contributed by atoms with Gasteiger partial charge in [0, 0.05) is 9.75 Å². The highest BCUT2D eigenvalue weighted by atomic mass is 32.1. The second-order valence-electron chi connectivity index (χ2n) is 5.71. The molecule has 2 N–H and O–H groups in total. The summed E-state index contributed by atoms with van der Waals surface area (Å²) in [6.45, 7) is 1.54. The minimum Gasteiger partial charge on any atom is -0.497 e. The number of carbonyl (C=O) groups excluding carboxylic acids is 1. The molecule has 122 valence electrons. The van der Waals surface area contributed by atoms with Crippen molar-refractivity contribution in [3.8, 4) is 16.2 Å². The van der Waals surface area contributed by atoms with E-state index in [1.54, 1.807) is 18.4 Å². The molecule has 1 fully saturated rings. The second-order valence-corrected chi connectivity index (χ2v) is 6.88. The Morgan fingerprint density at radius 3 is 2.78 bits per heavy atom. The van der Waals surface area contributed by atoms with Gasteiger partial charge in [-0.3, -0.25) is 4.79 Å². The molecule has 3 rings (SSSR count). The number of ether oxygens (including phenoxy) is 1. The number of piperidine rings is 1. The Bertz CT molecular complexity index is 645. The first-order chi connectivity index (χ1) is 11.3. The van der Waals surface area contributed by atoms with E-state index in [4.69, 9.17) is 4.74 Å². The van der Waals surface area contributed by atoms with Crippen LogP contribution >= 0.6 is 11.3 Å². The molecule has 0 spiro atoms. The third-order valence-corrected chi connectivity index (χ3v) is 5.23. The first-order valence-corrected chi connectivity index (χ1v) is 8.82. The van der Waals surface area contributed by atoms with Crippen LogP contribution in [0.1, 0.15) is 24.1 Å². The van der Waals surface area contributed by atoms with Gasteiger partial charge in [0.1, 0.15) is 5.75 Å². The number of carbonyl (C=O) groups is 1. The van der Waals surface area contributed by atoms with Crippen LogP contribution in [-0.2, 0) is 11.3 Å². The molecule has 23 heavy (non-hydrogen) atoms. The zero-order valence-electron chi connectivity index (χ0n) is 13.3. The third kappa shape index (κ3) is 4.12. The Labute approximate surface area is 140 Å². The number of hydrogen-bond donors (Lipinski definition) is 2. The van der Waals surface area contributed by atoms with Crippen molar-refractivity contribution in [2.45, 2.75) is 31.8 Å². The number of thiophene rings is 1. The van der Waals surface area contributed by atoms with E-state index in [9.17, 15) is 4.79 Å². The van der Waals surface area contributed by atoms with Crippen molar-refractivity contribution < 1.29 is 9.53 Å². The fraction of sp³-hybridized carbons (Fsp3) is 0.389. The topological polar surface area (TPSA) is 50.4 Å². The van der Waals surface area contributed by atoms with Crippen LogP contribution in [0.3, 0.4) is 0 Å². The van der Waals surface area contributed by atoms with E-state index in [0.29, 0.717) is 6.54 Å². The summed E-state index contributed by atoms with van der Waals surface area (Å²) in [5.41, 5.74) is 1.17. The lowest BCUT2D eigenvalue weighted by Gasteiger charge is -2.22. The number of nitrogens with one attached hydrogen (secondary N) is 2. The Morgan fingerprint density at radius 2 is 2.09 bits per heavy atom. The van der Waals surface area contributed by atoms with Crippen LogP contribution in [0.2, 0.25) is 0 Å².